The van der Waals surface area contributed by atoms with Crippen LogP contribution in [0.4, 0.5) is 13.2 Å². The van der Waals surface area contributed by atoms with Gasteiger partial charge in [-0.15, -0.1) is 0 Å². The highest BCUT2D eigenvalue weighted by Crippen LogP contribution is 2.33. The van der Waals surface area contributed by atoms with Gasteiger partial charge in [0.15, 0.2) is 17.6 Å². The lowest BCUT2D eigenvalue weighted by atomic mass is 10.2. The third kappa shape index (κ3) is 3.30. The number of fused-ring (bicyclic) bond motifs is 1. The monoisotopic (exact) mass is 277 g/mol. The van der Waals surface area contributed by atoms with Crippen LogP contribution in [-0.4, -0.2) is 25.1 Å². The van der Waals surface area contributed by atoms with Crippen LogP contribution in [0.3, 0.4) is 0 Å². The van der Waals surface area contributed by atoms with E-state index in [1.165, 1.54) is 6.92 Å². The maximum Gasteiger partial charge on any atom is 0.416 e. The van der Waals surface area contributed by atoms with Crippen LogP contribution in [0, 0.1) is 0 Å². The highest BCUT2D eigenvalue weighted by Gasteiger charge is 2.43. The van der Waals surface area contributed by atoms with E-state index in [2.05, 4.69) is 0 Å². The maximum absolute atomic E-state index is 12.6. The van der Waals surface area contributed by atoms with E-state index in [9.17, 15) is 13.2 Å². The van der Waals surface area contributed by atoms with E-state index in [0.717, 1.165) is 0 Å². The molecule has 1 aliphatic rings. The molecule has 7 heteroatoms. The summed E-state index contributed by atoms with van der Waals surface area (Å²) < 4.78 is 53.0. The highest BCUT2D eigenvalue weighted by molar-refractivity contribution is 5.44. The van der Waals surface area contributed by atoms with E-state index in [-0.39, 0.29) is 13.4 Å². The van der Waals surface area contributed by atoms with Crippen molar-refractivity contribution in [3.63, 3.8) is 0 Å². The first-order valence-electron chi connectivity index (χ1n) is 5.70. The van der Waals surface area contributed by atoms with Gasteiger partial charge in [-0.2, -0.15) is 13.2 Å². The molecule has 106 valence electrons. The summed E-state index contributed by atoms with van der Waals surface area (Å²) in [6.45, 7) is 1.19. The summed E-state index contributed by atoms with van der Waals surface area (Å²) in [4.78, 5) is 0. The maximum atomic E-state index is 12.6. The van der Waals surface area contributed by atoms with Crippen LogP contribution in [-0.2, 0) is 11.3 Å². The number of benzene rings is 1. The summed E-state index contributed by atoms with van der Waals surface area (Å²) in [6, 6.07) is 3.73. The SMILES string of the molecule is CC(N)C(OCc1ccc2c(c1)OCO2)C(F)(F)F. The van der Waals surface area contributed by atoms with Gasteiger partial charge in [0.2, 0.25) is 6.79 Å². The number of hydrogen-bond donors (Lipinski definition) is 1. The summed E-state index contributed by atoms with van der Waals surface area (Å²) in [5.74, 6) is 1.08. The first-order valence-corrected chi connectivity index (χ1v) is 5.70. The Morgan fingerprint density at radius 1 is 1.32 bits per heavy atom. The number of hydrogen-bond acceptors (Lipinski definition) is 4. The number of rotatable bonds is 4. The van der Waals surface area contributed by atoms with Gasteiger partial charge in [0.05, 0.1) is 6.61 Å². The van der Waals surface area contributed by atoms with Crippen LogP contribution in [0.5, 0.6) is 11.5 Å². The van der Waals surface area contributed by atoms with Gasteiger partial charge in [0.25, 0.3) is 0 Å². The minimum atomic E-state index is -4.48. The topological polar surface area (TPSA) is 53.7 Å². The second-order valence-corrected chi connectivity index (χ2v) is 4.32. The molecule has 0 aliphatic carbocycles. The van der Waals surface area contributed by atoms with Crippen molar-refractivity contribution < 1.29 is 27.4 Å². The van der Waals surface area contributed by atoms with Gasteiger partial charge in [-0.3, -0.25) is 0 Å². The van der Waals surface area contributed by atoms with Gasteiger partial charge < -0.3 is 19.9 Å². The predicted molar refractivity (Wildman–Crippen MR) is 60.8 cm³/mol. The zero-order valence-electron chi connectivity index (χ0n) is 10.2. The number of ether oxygens (including phenoxy) is 3. The molecule has 4 nitrogen and oxygen atoms in total. The van der Waals surface area contributed by atoms with Crippen molar-refractivity contribution in [2.24, 2.45) is 5.73 Å². The summed E-state index contributed by atoms with van der Waals surface area (Å²) >= 11 is 0. The predicted octanol–water partition coefficient (Wildman–Crippen LogP) is 2.21. The minimum Gasteiger partial charge on any atom is -0.454 e. The number of alkyl halides is 3. The van der Waals surface area contributed by atoms with Gasteiger partial charge in [0.1, 0.15) is 0 Å². The quantitative estimate of drug-likeness (QED) is 0.916. The molecule has 0 aromatic heterocycles. The molecule has 0 saturated carbocycles. The van der Waals surface area contributed by atoms with Gasteiger partial charge in [-0.1, -0.05) is 6.07 Å². The van der Waals surface area contributed by atoms with Crippen LogP contribution in [0.2, 0.25) is 0 Å². The Morgan fingerprint density at radius 3 is 2.63 bits per heavy atom. The molecule has 2 rings (SSSR count). The van der Waals surface area contributed by atoms with Crippen LogP contribution >= 0.6 is 0 Å². The van der Waals surface area contributed by atoms with Crippen LogP contribution in [0.15, 0.2) is 18.2 Å². The van der Waals surface area contributed by atoms with Crippen molar-refractivity contribution in [3.8, 4) is 11.5 Å². The zero-order valence-corrected chi connectivity index (χ0v) is 10.2. The second kappa shape index (κ2) is 5.26. The van der Waals surface area contributed by atoms with E-state index in [0.29, 0.717) is 17.1 Å². The van der Waals surface area contributed by atoms with Crippen molar-refractivity contribution in [1.29, 1.82) is 0 Å². The van der Waals surface area contributed by atoms with E-state index in [1.807, 2.05) is 0 Å². The Hall–Kier alpha value is -1.47. The molecular weight excluding hydrogens is 263 g/mol. The smallest absolute Gasteiger partial charge is 0.416 e. The van der Waals surface area contributed by atoms with Gasteiger partial charge >= 0.3 is 6.18 Å². The molecule has 1 heterocycles. The van der Waals surface area contributed by atoms with Crippen molar-refractivity contribution >= 4 is 0 Å². The summed E-state index contributed by atoms with van der Waals surface area (Å²) in [7, 11) is 0. The third-order valence-corrected chi connectivity index (χ3v) is 2.67. The summed E-state index contributed by atoms with van der Waals surface area (Å²) in [5.41, 5.74) is 5.86. The molecule has 1 aliphatic heterocycles. The first kappa shape index (κ1) is 14.0. The Bertz CT molecular complexity index is 448. The Kier molecular flexibility index (Phi) is 3.86. The van der Waals surface area contributed by atoms with Crippen molar-refractivity contribution in [1.82, 2.24) is 0 Å². The first-order chi connectivity index (χ1) is 8.88. The Morgan fingerprint density at radius 2 is 2.00 bits per heavy atom. The molecule has 1 aromatic rings. The van der Waals surface area contributed by atoms with Crippen LogP contribution < -0.4 is 15.2 Å². The van der Waals surface area contributed by atoms with Gasteiger partial charge in [0, 0.05) is 6.04 Å². The lowest BCUT2D eigenvalue weighted by molar-refractivity contribution is -0.228. The van der Waals surface area contributed by atoms with Gasteiger partial charge in [-0.05, 0) is 24.6 Å². The van der Waals surface area contributed by atoms with E-state index in [4.69, 9.17) is 19.9 Å². The molecule has 0 fully saturated rings. The molecule has 2 atom stereocenters. The number of nitrogens with two attached hydrogens (primary N) is 1. The molecular formula is C12H14F3NO3. The zero-order chi connectivity index (χ0) is 14.0. The van der Waals surface area contributed by atoms with E-state index in [1.54, 1.807) is 18.2 Å². The Balaban J connectivity index is 2.01. The third-order valence-electron chi connectivity index (χ3n) is 2.67. The molecule has 0 bridgehead atoms. The lowest BCUT2D eigenvalue weighted by Crippen LogP contribution is -2.45. The molecule has 0 radical (unpaired) electrons. The van der Waals surface area contributed by atoms with Gasteiger partial charge in [-0.25, -0.2) is 0 Å². The molecule has 2 N–H and O–H groups in total. The molecule has 2 unspecified atom stereocenters. The summed E-state index contributed by atoms with van der Waals surface area (Å²) in [6.07, 6.45) is -6.47. The van der Waals surface area contributed by atoms with Crippen molar-refractivity contribution in [3.05, 3.63) is 23.8 Å². The van der Waals surface area contributed by atoms with Crippen molar-refractivity contribution in [2.45, 2.75) is 31.9 Å². The average molecular weight is 277 g/mol. The molecule has 1 aromatic carbocycles. The normalized spacial score (nSPS) is 17.3. The minimum absolute atomic E-state index is 0.116. The van der Waals surface area contributed by atoms with Crippen molar-refractivity contribution in [2.75, 3.05) is 6.79 Å². The second-order valence-electron chi connectivity index (χ2n) is 4.32. The highest BCUT2D eigenvalue weighted by atomic mass is 19.4. The fourth-order valence-corrected chi connectivity index (χ4v) is 1.76. The average Bonchev–Trinajstić information content (AvgIpc) is 2.73. The molecule has 0 spiro atoms. The molecule has 0 amide bonds. The number of halogens is 3. The van der Waals surface area contributed by atoms with Crippen LogP contribution in [0.25, 0.3) is 0 Å². The fraction of sp³-hybridized carbons (Fsp3) is 0.500. The fourth-order valence-electron chi connectivity index (χ4n) is 1.76. The largest absolute Gasteiger partial charge is 0.454 e. The lowest BCUT2D eigenvalue weighted by Gasteiger charge is -2.23. The molecule has 19 heavy (non-hydrogen) atoms. The van der Waals surface area contributed by atoms with E-state index >= 15 is 0 Å². The van der Waals surface area contributed by atoms with Crippen LogP contribution in [0.1, 0.15) is 12.5 Å². The Labute approximate surface area is 108 Å². The summed E-state index contributed by atoms with van der Waals surface area (Å²) in [5, 5.41) is 0. The molecule has 0 saturated heterocycles. The standard InChI is InChI=1S/C12H14F3NO3/c1-7(16)11(12(13,14)15)17-5-8-2-3-9-10(4-8)19-6-18-9/h2-4,7,11H,5-6,16H2,1H3. The van der Waals surface area contributed by atoms with E-state index < -0.39 is 18.3 Å².